The molecule has 0 saturated heterocycles. The van der Waals surface area contributed by atoms with Gasteiger partial charge < -0.3 is 9.84 Å². The first-order valence-corrected chi connectivity index (χ1v) is 7.37. The van der Waals surface area contributed by atoms with E-state index >= 15 is 0 Å². The molecule has 0 saturated carbocycles. The van der Waals surface area contributed by atoms with Crippen molar-refractivity contribution in [2.45, 2.75) is 11.1 Å². The van der Waals surface area contributed by atoms with Gasteiger partial charge in [0.05, 0.1) is 33.6 Å². The number of halogens is 4. The van der Waals surface area contributed by atoms with E-state index in [0.717, 1.165) is 0 Å². The lowest BCUT2D eigenvalue weighted by molar-refractivity contribution is -0.172. The molecule has 0 radical (unpaired) electrons. The minimum absolute atomic E-state index is 0.0440. The molecule has 0 aliphatic carbocycles. The molecule has 1 N–H and O–H groups in total. The molecule has 1 atom stereocenters. The maximum atomic E-state index is 11.9. The van der Waals surface area contributed by atoms with E-state index < -0.39 is 29.6 Å². The zero-order valence-corrected chi connectivity index (χ0v) is 12.3. The predicted octanol–water partition coefficient (Wildman–Crippen LogP) is 2.83. The van der Waals surface area contributed by atoms with Crippen LogP contribution in [-0.4, -0.2) is 40.4 Å². The Morgan fingerprint density at radius 3 is 2.60 bits per heavy atom. The van der Waals surface area contributed by atoms with Crippen LogP contribution in [-0.2, 0) is 15.5 Å². The van der Waals surface area contributed by atoms with Gasteiger partial charge in [0.2, 0.25) is 0 Å². The minimum atomic E-state index is -4.44. The Hall–Kier alpha value is -0.930. The Balaban J connectivity index is 2.68. The van der Waals surface area contributed by atoms with Crippen molar-refractivity contribution in [3.63, 3.8) is 0 Å². The van der Waals surface area contributed by atoms with Gasteiger partial charge >= 0.3 is 12.1 Å². The fourth-order valence-corrected chi connectivity index (χ4v) is 2.95. The van der Waals surface area contributed by atoms with Crippen molar-refractivity contribution in [2.75, 3.05) is 19.0 Å². The second kappa shape index (κ2) is 7.19. The molecule has 1 aromatic carbocycles. The lowest BCUT2D eigenvalue weighted by Gasteiger charge is -2.09. The lowest BCUT2D eigenvalue weighted by atomic mass is 10.2. The molecule has 20 heavy (non-hydrogen) atoms. The molecule has 0 aromatic heterocycles. The maximum Gasteiger partial charge on any atom is 0.411 e. The van der Waals surface area contributed by atoms with Crippen LogP contribution in [0.1, 0.15) is 10.4 Å². The summed E-state index contributed by atoms with van der Waals surface area (Å²) in [6.07, 6.45) is -4.44. The number of alkyl halides is 3. The Labute approximate surface area is 123 Å². The first-order valence-electron chi connectivity index (χ1n) is 5.26. The lowest BCUT2D eigenvalue weighted by Crippen LogP contribution is -2.19. The molecule has 0 aliphatic heterocycles. The summed E-state index contributed by atoms with van der Waals surface area (Å²) >= 11 is 3.11. The number of hydrogen-bond acceptors (Lipinski definition) is 3. The third-order valence-corrected chi connectivity index (χ3v) is 3.96. The van der Waals surface area contributed by atoms with Crippen LogP contribution in [0.5, 0.6) is 0 Å². The van der Waals surface area contributed by atoms with Crippen molar-refractivity contribution in [3.05, 3.63) is 28.2 Å². The molecule has 9 heteroatoms. The third-order valence-electron chi connectivity index (χ3n) is 2.10. The molecule has 4 nitrogen and oxygen atoms in total. The first kappa shape index (κ1) is 17.1. The van der Waals surface area contributed by atoms with Crippen molar-refractivity contribution in [2.24, 2.45) is 0 Å². The van der Waals surface area contributed by atoms with Crippen LogP contribution in [0.15, 0.2) is 27.6 Å². The van der Waals surface area contributed by atoms with E-state index in [1.54, 1.807) is 0 Å². The van der Waals surface area contributed by atoms with Crippen LogP contribution < -0.4 is 0 Å². The number of carboxylic acid groups (broad SMARTS) is 1. The molecule has 0 heterocycles. The quantitative estimate of drug-likeness (QED) is 0.777. The SMILES string of the molecule is O=C(O)c1ccc(Br)cc1S(=O)CCOCC(F)(F)F. The Bertz CT molecular complexity index is 519. The van der Waals surface area contributed by atoms with E-state index in [4.69, 9.17) is 5.11 Å². The number of carbonyl (C=O) groups is 1. The van der Waals surface area contributed by atoms with Crippen LogP contribution in [0.3, 0.4) is 0 Å². The first-order chi connectivity index (χ1) is 9.20. The van der Waals surface area contributed by atoms with E-state index in [2.05, 4.69) is 20.7 Å². The van der Waals surface area contributed by atoms with Crippen molar-refractivity contribution in [1.29, 1.82) is 0 Å². The van der Waals surface area contributed by atoms with Gasteiger partial charge in [0.15, 0.2) is 0 Å². The van der Waals surface area contributed by atoms with Crippen molar-refractivity contribution < 1.29 is 32.0 Å². The Morgan fingerprint density at radius 2 is 2.05 bits per heavy atom. The highest BCUT2D eigenvalue weighted by Crippen LogP contribution is 2.20. The molecule has 112 valence electrons. The van der Waals surface area contributed by atoms with E-state index in [0.29, 0.717) is 4.47 Å². The molecule has 0 bridgehead atoms. The Kier molecular flexibility index (Phi) is 6.15. The molecule has 0 aliphatic rings. The molecular weight excluding hydrogens is 365 g/mol. The second-order valence-electron chi connectivity index (χ2n) is 3.66. The van der Waals surface area contributed by atoms with Gasteiger partial charge in [-0.25, -0.2) is 4.79 Å². The van der Waals surface area contributed by atoms with Gasteiger partial charge in [0.1, 0.15) is 6.61 Å². The van der Waals surface area contributed by atoms with E-state index in [1.807, 2.05) is 0 Å². The standard InChI is InChI=1S/C11H10BrF3O4S/c12-7-1-2-8(10(16)17)9(5-7)20(18)4-3-19-6-11(13,14)15/h1-2,5H,3-4,6H2,(H,16,17). The highest BCUT2D eigenvalue weighted by molar-refractivity contribution is 9.10. The van der Waals surface area contributed by atoms with Crippen molar-refractivity contribution in [3.8, 4) is 0 Å². The largest absolute Gasteiger partial charge is 0.478 e. The molecule has 1 aromatic rings. The van der Waals surface area contributed by atoms with Gasteiger partial charge in [-0.05, 0) is 18.2 Å². The summed E-state index contributed by atoms with van der Waals surface area (Å²) in [6.45, 7) is -1.80. The smallest absolute Gasteiger partial charge is 0.411 e. The number of carboxylic acids is 1. The van der Waals surface area contributed by atoms with Crippen LogP contribution in [0, 0.1) is 0 Å². The summed E-state index contributed by atoms with van der Waals surface area (Å²) in [4.78, 5) is 11.0. The van der Waals surface area contributed by atoms with Gasteiger partial charge in [0, 0.05) is 4.47 Å². The molecule has 0 fully saturated rings. The molecule has 0 amide bonds. The monoisotopic (exact) mass is 374 g/mol. The summed E-state index contributed by atoms with van der Waals surface area (Å²) in [6, 6.07) is 4.11. The number of aromatic carboxylic acids is 1. The van der Waals surface area contributed by atoms with Gasteiger partial charge in [0.25, 0.3) is 0 Å². The molecule has 1 rings (SSSR count). The maximum absolute atomic E-state index is 11.9. The van der Waals surface area contributed by atoms with E-state index in [1.165, 1.54) is 18.2 Å². The fourth-order valence-electron chi connectivity index (χ4n) is 1.29. The second-order valence-corrected chi connectivity index (χ2v) is 6.12. The summed E-state index contributed by atoms with van der Waals surface area (Å²) in [5, 5.41) is 8.95. The van der Waals surface area contributed by atoms with Crippen LogP contribution in [0.2, 0.25) is 0 Å². The van der Waals surface area contributed by atoms with Crippen molar-refractivity contribution in [1.82, 2.24) is 0 Å². The zero-order valence-electron chi connectivity index (χ0n) is 9.95. The third kappa shape index (κ3) is 5.59. The van der Waals surface area contributed by atoms with Gasteiger partial charge in [-0.2, -0.15) is 13.2 Å². The summed E-state index contributed by atoms with van der Waals surface area (Å²) in [7, 11) is -1.76. The van der Waals surface area contributed by atoms with E-state index in [9.17, 15) is 22.2 Å². The summed E-state index contributed by atoms with van der Waals surface area (Å²) in [5.41, 5.74) is -0.151. The fraction of sp³-hybridized carbons (Fsp3) is 0.364. The van der Waals surface area contributed by atoms with Gasteiger partial charge in [-0.15, -0.1) is 0 Å². The minimum Gasteiger partial charge on any atom is -0.478 e. The highest BCUT2D eigenvalue weighted by Gasteiger charge is 2.27. The van der Waals surface area contributed by atoms with Crippen LogP contribution in [0.4, 0.5) is 13.2 Å². The van der Waals surface area contributed by atoms with Crippen molar-refractivity contribution >= 4 is 32.7 Å². The number of rotatable bonds is 6. The average molecular weight is 375 g/mol. The van der Waals surface area contributed by atoms with Crippen LogP contribution >= 0.6 is 15.9 Å². The molecular formula is C11H10BrF3O4S. The number of ether oxygens (including phenoxy) is 1. The van der Waals surface area contributed by atoms with Gasteiger partial charge in [-0.1, -0.05) is 15.9 Å². The van der Waals surface area contributed by atoms with Crippen LogP contribution in [0.25, 0.3) is 0 Å². The van der Waals surface area contributed by atoms with Gasteiger partial charge in [-0.3, -0.25) is 4.21 Å². The predicted molar refractivity (Wildman–Crippen MR) is 69.3 cm³/mol. The van der Waals surface area contributed by atoms with E-state index in [-0.39, 0.29) is 22.8 Å². The average Bonchev–Trinajstić information content (AvgIpc) is 2.32. The molecule has 1 unspecified atom stereocenters. The topological polar surface area (TPSA) is 63.6 Å². The Morgan fingerprint density at radius 1 is 1.40 bits per heavy atom. The number of benzene rings is 1. The number of hydrogen-bond donors (Lipinski definition) is 1. The highest BCUT2D eigenvalue weighted by atomic mass is 79.9. The summed E-state index contributed by atoms with van der Waals surface area (Å²) < 4.78 is 52.3. The molecule has 0 spiro atoms. The zero-order chi connectivity index (χ0) is 15.3. The normalized spacial score (nSPS) is 13.2. The summed E-state index contributed by atoms with van der Waals surface area (Å²) in [5.74, 6) is -1.47.